The van der Waals surface area contributed by atoms with Crippen LogP contribution < -0.4 is 0 Å². The highest BCUT2D eigenvalue weighted by Crippen LogP contribution is 2.49. The second-order valence-electron chi connectivity index (χ2n) is 4.52. The zero-order chi connectivity index (χ0) is 14.3. The average Bonchev–Trinajstić information content (AvgIpc) is 2.84. The minimum Gasteiger partial charge on any atom is -0.481 e. The van der Waals surface area contributed by atoms with Gasteiger partial charge in [-0.15, -0.1) is 0 Å². The number of alkyl halides is 2. The van der Waals surface area contributed by atoms with E-state index in [0.29, 0.717) is 5.56 Å². The molecule has 5 nitrogen and oxygen atoms in total. The Morgan fingerprint density at radius 3 is 2.53 bits per heavy atom. The molecule has 8 heteroatoms. The van der Waals surface area contributed by atoms with Gasteiger partial charge in [0.15, 0.2) is 14.9 Å². The number of hydrogen-bond donors (Lipinski definition) is 1. The molecular formula is C11H11F2NO4S. The summed E-state index contributed by atoms with van der Waals surface area (Å²) >= 11 is 0. The molecule has 1 N–H and O–H groups in total. The standard InChI is InChI=1S/C11H11F2NO4S/c12-11(13)4-8(11)6-19(17,18)9-2-1-7(5-14-9)3-10(15)16/h1-2,5,8H,3-4,6H2,(H,15,16). The molecule has 0 aromatic carbocycles. The molecule has 1 aliphatic carbocycles. The first kappa shape index (κ1) is 13.9. The van der Waals surface area contributed by atoms with Crippen molar-refractivity contribution in [2.24, 2.45) is 5.92 Å². The minimum atomic E-state index is -3.85. The summed E-state index contributed by atoms with van der Waals surface area (Å²) in [5.41, 5.74) is 0.350. The summed E-state index contributed by atoms with van der Waals surface area (Å²) in [5.74, 6) is -5.73. The van der Waals surface area contributed by atoms with Gasteiger partial charge in [-0.3, -0.25) is 4.79 Å². The third-order valence-corrected chi connectivity index (χ3v) is 4.57. The average molecular weight is 291 g/mol. The summed E-state index contributed by atoms with van der Waals surface area (Å²) in [6, 6.07) is 2.47. The molecule has 19 heavy (non-hydrogen) atoms. The van der Waals surface area contributed by atoms with Gasteiger partial charge in [0.1, 0.15) is 0 Å². The number of aromatic nitrogens is 1. The predicted octanol–water partition coefficient (Wildman–Crippen LogP) is 1.14. The fourth-order valence-electron chi connectivity index (χ4n) is 1.67. The second-order valence-corrected chi connectivity index (χ2v) is 6.50. The van der Waals surface area contributed by atoms with Gasteiger partial charge in [0.2, 0.25) is 0 Å². The van der Waals surface area contributed by atoms with Gasteiger partial charge in [-0.25, -0.2) is 22.2 Å². The summed E-state index contributed by atoms with van der Waals surface area (Å²) < 4.78 is 49.0. The number of carbonyl (C=O) groups is 1. The van der Waals surface area contributed by atoms with Crippen LogP contribution in [0.1, 0.15) is 12.0 Å². The molecule has 1 saturated carbocycles. The van der Waals surface area contributed by atoms with Crippen LogP contribution in [0.15, 0.2) is 23.4 Å². The van der Waals surface area contributed by atoms with Crippen molar-refractivity contribution in [3.63, 3.8) is 0 Å². The van der Waals surface area contributed by atoms with Crippen LogP contribution in [0.2, 0.25) is 0 Å². The van der Waals surface area contributed by atoms with E-state index in [0.717, 1.165) is 12.3 Å². The lowest BCUT2D eigenvalue weighted by molar-refractivity contribution is -0.136. The molecule has 1 aliphatic rings. The van der Waals surface area contributed by atoms with Crippen LogP contribution in [0.5, 0.6) is 0 Å². The summed E-state index contributed by atoms with van der Waals surface area (Å²) in [6.07, 6.45) is 0.448. The highest BCUT2D eigenvalue weighted by Gasteiger charge is 2.58. The number of hydrogen-bond acceptors (Lipinski definition) is 4. The van der Waals surface area contributed by atoms with E-state index in [1.165, 1.54) is 6.07 Å². The Morgan fingerprint density at radius 2 is 2.11 bits per heavy atom. The highest BCUT2D eigenvalue weighted by molar-refractivity contribution is 7.91. The number of carboxylic acids is 1. The zero-order valence-corrected chi connectivity index (χ0v) is 10.5. The van der Waals surface area contributed by atoms with Crippen molar-refractivity contribution in [1.29, 1.82) is 0 Å². The molecule has 0 amide bonds. The van der Waals surface area contributed by atoms with Gasteiger partial charge in [0.25, 0.3) is 5.92 Å². The van der Waals surface area contributed by atoms with Gasteiger partial charge < -0.3 is 5.11 Å². The van der Waals surface area contributed by atoms with Gasteiger partial charge in [-0.2, -0.15) is 0 Å². The Bertz CT molecular complexity index is 598. The van der Waals surface area contributed by atoms with Gasteiger partial charge in [-0.1, -0.05) is 6.07 Å². The van der Waals surface area contributed by atoms with Gasteiger partial charge in [-0.05, 0) is 11.6 Å². The maximum absolute atomic E-state index is 12.7. The topological polar surface area (TPSA) is 84.3 Å². The maximum atomic E-state index is 12.7. The van der Waals surface area contributed by atoms with Crippen LogP contribution in [-0.4, -0.2) is 36.2 Å². The van der Waals surface area contributed by atoms with Crippen molar-refractivity contribution >= 4 is 15.8 Å². The number of pyridine rings is 1. The molecular weight excluding hydrogens is 280 g/mol. The largest absolute Gasteiger partial charge is 0.481 e. The van der Waals surface area contributed by atoms with Crippen LogP contribution in [0.25, 0.3) is 0 Å². The second kappa shape index (κ2) is 4.52. The molecule has 1 atom stereocenters. The fourth-order valence-corrected chi connectivity index (χ4v) is 3.23. The van der Waals surface area contributed by atoms with E-state index in [2.05, 4.69) is 4.98 Å². The Kier molecular flexibility index (Phi) is 3.29. The number of carboxylic acid groups (broad SMARTS) is 1. The lowest BCUT2D eigenvalue weighted by atomic mass is 10.2. The minimum absolute atomic E-state index is 0.270. The maximum Gasteiger partial charge on any atom is 0.307 e. The summed E-state index contributed by atoms with van der Waals surface area (Å²) in [4.78, 5) is 14.1. The monoisotopic (exact) mass is 291 g/mol. The van der Waals surface area contributed by atoms with Gasteiger partial charge >= 0.3 is 5.97 Å². The first-order chi connectivity index (χ1) is 8.71. The zero-order valence-electron chi connectivity index (χ0n) is 9.71. The lowest BCUT2D eigenvalue weighted by Gasteiger charge is -2.04. The van der Waals surface area contributed by atoms with Crippen LogP contribution in [0.4, 0.5) is 8.78 Å². The highest BCUT2D eigenvalue weighted by atomic mass is 32.2. The number of aliphatic carboxylic acids is 1. The summed E-state index contributed by atoms with van der Waals surface area (Å²) in [7, 11) is -3.85. The van der Waals surface area contributed by atoms with Crippen molar-refractivity contribution in [3.05, 3.63) is 23.9 Å². The van der Waals surface area contributed by atoms with E-state index in [1.807, 2.05) is 0 Å². The molecule has 1 fully saturated rings. The molecule has 0 bridgehead atoms. The number of rotatable bonds is 5. The first-order valence-corrected chi connectivity index (χ1v) is 7.13. The molecule has 0 spiro atoms. The van der Waals surface area contributed by atoms with Crippen molar-refractivity contribution in [3.8, 4) is 0 Å². The van der Waals surface area contributed by atoms with Crippen LogP contribution in [-0.2, 0) is 21.1 Å². The van der Waals surface area contributed by atoms with Crippen LogP contribution >= 0.6 is 0 Å². The van der Waals surface area contributed by atoms with E-state index in [-0.39, 0.29) is 11.4 Å². The van der Waals surface area contributed by atoms with E-state index in [4.69, 9.17) is 5.11 Å². The molecule has 0 radical (unpaired) electrons. The molecule has 2 rings (SSSR count). The smallest absolute Gasteiger partial charge is 0.307 e. The Balaban J connectivity index is 2.11. The summed E-state index contributed by atoms with van der Waals surface area (Å²) in [5, 5.41) is 8.25. The number of nitrogens with zero attached hydrogens (tertiary/aromatic N) is 1. The molecule has 104 valence electrons. The third kappa shape index (κ3) is 3.25. The van der Waals surface area contributed by atoms with Gasteiger partial charge in [0.05, 0.1) is 12.2 Å². The van der Waals surface area contributed by atoms with Crippen LogP contribution in [0, 0.1) is 5.92 Å². The molecule has 1 heterocycles. The number of sulfone groups is 1. The quantitative estimate of drug-likeness (QED) is 0.879. The van der Waals surface area contributed by atoms with Crippen LogP contribution in [0.3, 0.4) is 0 Å². The summed E-state index contributed by atoms with van der Waals surface area (Å²) in [6.45, 7) is 0. The van der Waals surface area contributed by atoms with Crippen molar-refractivity contribution in [1.82, 2.24) is 4.98 Å². The molecule has 1 aromatic rings. The Labute approximate surface area is 108 Å². The molecule has 1 unspecified atom stereocenters. The van der Waals surface area contributed by atoms with Gasteiger partial charge in [0, 0.05) is 18.5 Å². The Morgan fingerprint density at radius 1 is 1.47 bits per heavy atom. The van der Waals surface area contributed by atoms with E-state index in [9.17, 15) is 22.0 Å². The predicted molar refractivity (Wildman–Crippen MR) is 60.7 cm³/mol. The van der Waals surface area contributed by atoms with E-state index < -0.39 is 39.8 Å². The van der Waals surface area contributed by atoms with Crippen molar-refractivity contribution < 1.29 is 27.1 Å². The van der Waals surface area contributed by atoms with E-state index in [1.54, 1.807) is 0 Å². The van der Waals surface area contributed by atoms with E-state index >= 15 is 0 Å². The Hall–Kier alpha value is -1.57. The van der Waals surface area contributed by atoms with Crippen molar-refractivity contribution in [2.45, 2.75) is 23.8 Å². The molecule has 0 saturated heterocycles. The normalized spacial score (nSPS) is 21.1. The third-order valence-electron chi connectivity index (χ3n) is 2.85. The fraction of sp³-hybridized carbons (Fsp3) is 0.455. The van der Waals surface area contributed by atoms with Crippen molar-refractivity contribution in [2.75, 3.05) is 5.75 Å². The SMILES string of the molecule is O=C(O)Cc1ccc(S(=O)(=O)CC2CC2(F)F)nc1. The lowest BCUT2D eigenvalue weighted by Crippen LogP contribution is -2.13. The molecule has 0 aliphatic heterocycles. The molecule has 1 aromatic heterocycles. The number of halogens is 2. The first-order valence-electron chi connectivity index (χ1n) is 5.48.